The molecule has 0 aliphatic heterocycles. The fraction of sp³-hybridized carbons (Fsp3) is 0.565. The second-order valence-corrected chi connectivity index (χ2v) is 8.79. The van der Waals surface area contributed by atoms with Crippen molar-refractivity contribution in [3.05, 3.63) is 39.5 Å². The number of nitrogens with zero attached hydrogens (tertiary/aromatic N) is 1. The van der Waals surface area contributed by atoms with Crippen molar-refractivity contribution in [3.8, 4) is 5.75 Å². The van der Waals surface area contributed by atoms with Gasteiger partial charge in [0.1, 0.15) is 18.0 Å². The van der Waals surface area contributed by atoms with Gasteiger partial charge < -0.3 is 29.9 Å². The van der Waals surface area contributed by atoms with Gasteiger partial charge in [-0.1, -0.05) is 25.5 Å². The van der Waals surface area contributed by atoms with E-state index in [9.17, 15) is 14.7 Å². The lowest BCUT2D eigenvalue weighted by atomic mass is 9.88. The number of carbonyl (C=O) groups excluding carboxylic acids is 2. The van der Waals surface area contributed by atoms with Gasteiger partial charge >= 0.3 is 0 Å². The molecular weight excluding hydrogens is 527 g/mol. The summed E-state index contributed by atoms with van der Waals surface area (Å²) in [6.45, 7) is 2.58. The summed E-state index contributed by atoms with van der Waals surface area (Å²) in [7, 11) is 1.56. The Morgan fingerprint density at radius 3 is 2.72 bits per heavy atom. The number of aliphatic hydroxyl groups is 2. The van der Waals surface area contributed by atoms with Gasteiger partial charge in [-0.05, 0) is 47.2 Å². The lowest BCUT2D eigenvalue weighted by Gasteiger charge is -2.40. The number of halogens is 1. The SMILES string of the molecule is CCCCC(=O)N(CCOC)[C@@H]1CC(C(=O)NCCO)=C[C@H](Oc2ccccc2I)[C@H]1O. The first-order chi connectivity index (χ1) is 15.4. The smallest absolute Gasteiger partial charge is 0.247 e. The highest BCUT2D eigenvalue weighted by Crippen LogP contribution is 2.30. The van der Waals surface area contributed by atoms with Crippen LogP contribution in [0.1, 0.15) is 32.6 Å². The summed E-state index contributed by atoms with van der Waals surface area (Å²) < 4.78 is 12.2. The maximum Gasteiger partial charge on any atom is 0.247 e. The summed E-state index contributed by atoms with van der Waals surface area (Å²) >= 11 is 2.15. The molecule has 2 rings (SSSR count). The van der Waals surface area contributed by atoms with Crippen LogP contribution in [-0.4, -0.2) is 78.6 Å². The lowest BCUT2D eigenvalue weighted by Crippen LogP contribution is -2.55. The van der Waals surface area contributed by atoms with E-state index in [1.165, 1.54) is 0 Å². The number of benzene rings is 1. The van der Waals surface area contributed by atoms with Crippen LogP contribution in [0.4, 0.5) is 0 Å². The Hall–Kier alpha value is -1.69. The van der Waals surface area contributed by atoms with E-state index in [-0.39, 0.29) is 31.4 Å². The average Bonchev–Trinajstić information content (AvgIpc) is 2.79. The molecule has 1 aliphatic rings. The number of aliphatic hydroxyl groups excluding tert-OH is 2. The topological polar surface area (TPSA) is 108 Å². The van der Waals surface area contributed by atoms with Crippen molar-refractivity contribution in [1.82, 2.24) is 10.2 Å². The fourth-order valence-electron chi connectivity index (χ4n) is 3.60. The number of hydrogen-bond donors (Lipinski definition) is 3. The standard InChI is InChI=1S/C23H33IN2O6/c1-3-4-9-21(28)26(11-13-31-2)18-14-16(23(30)25-10-12-27)15-20(22(18)29)32-19-8-6-5-7-17(19)24/h5-8,15,18,20,22,27,29H,3-4,9-14H2,1-2H3,(H,25,30)/t18-,20+,22+/m1/s1. The zero-order valence-electron chi connectivity index (χ0n) is 18.6. The molecule has 0 saturated carbocycles. The Bertz CT molecular complexity index is 788. The minimum Gasteiger partial charge on any atom is -0.482 e. The van der Waals surface area contributed by atoms with Crippen molar-refractivity contribution < 1.29 is 29.3 Å². The summed E-state index contributed by atoms with van der Waals surface area (Å²) in [6, 6.07) is 6.77. The molecule has 0 aromatic heterocycles. The van der Waals surface area contributed by atoms with Crippen molar-refractivity contribution in [3.63, 3.8) is 0 Å². The summed E-state index contributed by atoms with van der Waals surface area (Å²) in [5.74, 6) is 0.155. The van der Waals surface area contributed by atoms with E-state index in [0.717, 1.165) is 16.4 Å². The van der Waals surface area contributed by atoms with Crippen LogP contribution >= 0.6 is 22.6 Å². The number of amides is 2. The Labute approximate surface area is 203 Å². The molecule has 0 saturated heterocycles. The van der Waals surface area contributed by atoms with Gasteiger partial charge in [-0.2, -0.15) is 0 Å². The van der Waals surface area contributed by atoms with Crippen molar-refractivity contribution in [2.45, 2.75) is 50.9 Å². The third kappa shape index (κ3) is 7.43. The largest absolute Gasteiger partial charge is 0.482 e. The third-order valence-corrected chi connectivity index (χ3v) is 6.21. The maximum absolute atomic E-state index is 13.0. The quantitative estimate of drug-likeness (QED) is 0.337. The molecule has 0 radical (unpaired) electrons. The van der Waals surface area contributed by atoms with Crippen molar-refractivity contribution >= 4 is 34.4 Å². The number of para-hydroxylation sites is 1. The molecule has 9 heteroatoms. The van der Waals surface area contributed by atoms with Gasteiger partial charge in [0.15, 0.2) is 0 Å². The normalized spacial score (nSPS) is 20.4. The van der Waals surface area contributed by atoms with Crippen molar-refractivity contribution in [2.24, 2.45) is 0 Å². The van der Waals surface area contributed by atoms with E-state index in [0.29, 0.717) is 30.9 Å². The lowest BCUT2D eigenvalue weighted by molar-refractivity contribution is -0.139. The van der Waals surface area contributed by atoms with Crippen LogP contribution in [0.15, 0.2) is 35.9 Å². The monoisotopic (exact) mass is 560 g/mol. The average molecular weight is 560 g/mol. The number of nitrogens with one attached hydrogen (secondary N) is 1. The summed E-state index contributed by atoms with van der Waals surface area (Å²) in [6.07, 6.45) is 1.94. The van der Waals surface area contributed by atoms with Gasteiger partial charge in [-0.15, -0.1) is 0 Å². The summed E-state index contributed by atoms with van der Waals surface area (Å²) in [5, 5.41) is 22.9. The van der Waals surface area contributed by atoms with Gasteiger partial charge in [0.05, 0.1) is 22.8 Å². The van der Waals surface area contributed by atoms with Gasteiger partial charge in [-0.25, -0.2) is 0 Å². The van der Waals surface area contributed by atoms with Crippen LogP contribution in [0, 0.1) is 3.57 Å². The molecule has 3 atom stereocenters. The van der Waals surface area contributed by atoms with E-state index < -0.39 is 18.2 Å². The van der Waals surface area contributed by atoms with E-state index in [1.54, 1.807) is 24.2 Å². The van der Waals surface area contributed by atoms with Crippen LogP contribution in [0.5, 0.6) is 5.75 Å². The van der Waals surface area contributed by atoms with E-state index in [2.05, 4.69) is 27.9 Å². The summed E-state index contributed by atoms with van der Waals surface area (Å²) in [5.41, 5.74) is 0.412. The molecule has 0 bridgehead atoms. The zero-order chi connectivity index (χ0) is 23.5. The molecule has 0 fully saturated rings. The minimum atomic E-state index is -1.03. The van der Waals surface area contributed by atoms with Gasteiger partial charge in [0, 0.05) is 38.6 Å². The molecule has 1 aliphatic carbocycles. The number of methoxy groups -OCH3 is 1. The molecule has 1 aromatic rings. The predicted molar refractivity (Wildman–Crippen MR) is 129 cm³/mol. The van der Waals surface area contributed by atoms with Crippen molar-refractivity contribution in [1.29, 1.82) is 0 Å². The number of rotatable bonds is 12. The van der Waals surface area contributed by atoms with E-state index >= 15 is 0 Å². The third-order valence-electron chi connectivity index (χ3n) is 5.32. The highest BCUT2D eigenvalue weighted by molar-refractivity contribution is 14.1. The van der Waals surface area contributed by atoms with Crippen molar-refractivity contribution in [2.75, 3.05) is 33.4 Å². The van der Waals surface area contributed by atoms with Gasteiger partial charge in [0.2, 0.25) is 11.8 Å². The number of unbranched alkanes of at least 4 members (excludes halogenated alkanes) is 1. The molecule has 1 aromatic carbocycles. The Kier molecular flexibility index (Phi) is 11.4. The first-order valence-corrected chi connectivity index (χ1v) is 12.0. The Morgan fingerprint density at radius 1 is 1.31 bits per heavy atom. The van der Waals surface area contributed by atoms with Gasteiger partial charge in [0.25, 0.3) is 0 Å². The second kappa shape index (κ2) is 13.8. The zero-order valence-corrected chi connectivity index (χ0v) is 20.8. The number of hydrogen-bond acceptors (Lipinski definition) is 6. The Morgan fingerprint density at radius 2 is 2.06 bits per heavy atom. The molecular formula is C23H33IN2O6. The van der Waals surface area contributed by atoms with Crippen LogP contribution < -0.4 is 10.1 Å². The molecule has 32 heavy (non-hydrogen) atoms. The van der Waals surface area contributed by atoms with Crippen LogP contribution in [-0.2, 0) is 14.3 Å². The second-order valence-electron chi connectivity index (χ2n) is 7.63. The number of ether oxygens (including phenoxy) is 2. The van der Waals surface area contributed by atoms with E-state index in [1.807, 2.05) is 25.1 Å². The Balaban J connectivity index is 2.35. The molecule has 3 N–H and O–H groups in total. The van der Waals surface area contributed by atoms with Gasteiger partial charge in [-0.3, -0.25) is 9.59 Å². The molecule has 0 spiro atoms. The highest BCUT2D eigenvalue weighted by Gasteiger charge is 2.40. The summed E-state index contributed by atoms with van der Waals surface area (Å²) in [4.78, 5) is 27.3. The van der Waals surface area contributed by atoms with E-state index in [4.69, 9.17) is 14.6 Å². The number of carbonyl (C=O) groups is 2. The van der Waals surface area contributed by atoms with Crippen LogP contribution in [0.25, 0.3) is 0 Å². The maximum atomic E-state index is 13.0. The molecule has 0 heterocycles. The first-order valence-electron chi connectivity index (χ1n) is 10.9. The molecule has 178 valence electrons. The first kappa shape index (κ1) is 26.6. The highest BCUT2D eigenvalue weighted by atomic mass is 127. The fourth-order valence-corrected chi connectivity index (χ4v) is 4.12. The minimum absolute atomic E-state index is 0.0852. The molecule has 2 amide bonds. The molecule has 8 nitrogen and oxygen atoms in total. The van der Waals surface area contributed by atoms with Crippen LogP contribution in [0.2, 0.25) is 0 Å². The van der Waals surface area contributed by atoms with Crippen LogP contribution in [0.3, 0.4) is 0 Å². The predicted octanol–water partition coefficient (Wildman–Crippen LogP) is 1.87. The molecule has 0 unspecified atom stereocenters.